The maximum Gasteiger partial charge on any atom is 0.178 e. The Kier molecular flexibility index (Phi) is 3.00. The number of nitrogens with two attached hydrogens (primary N) is 1. The molecule has 90 valence electrons. The highest BCUT2D eigenvalue weighted by Crippen LogP contribution is 2.19. The largest absolute Gasteiger partial charge is 0.379 e. The van der Waals surface area contributed by atoms with Gasteiger partial charge in [0.25, 0.3) is 0 Å². The van der Waals surface area contributed by atoms with Crippen molar-refractivity contribution in [3.63, 3.8) is 0 Å². The Balaban J connectivity index is 2.24. The van der Waals surface area contributed by atoms with Gasteiger partial charge < -0.3 is 10.5 Å². The van der Waals surface area contributed by atoms with Crippen molar-refractivity contribution in [2.45, 2.75) is 23.4 Å². The number of hydrogen-bond acceptors (Lipinski definition) is 5. The minimum absolute atomic E-state index is 0.0407. The molecule has 0 bridgehead atoms. The summed E-state index contributed by atoms with van der Waals surface area (Å²) in [6.07, 6.45) is 4.77. The topological polar surface area (TPSA) is 87.2 Å². The first kappa shape index (κ1) is 11.6. The lowest BCUT2D eigenvalue weighted by Crippen LogP contribution is -2.40. The molecule has 1 aromatic rings. The van der Waals surface area contributed by atoms with Crippen LogP contribution < -0.4 is 5.73 Å². The van der Waals surface area contributed by atoms with E-state index in [9.17, 15) is 8.42 Å². The summed E-state index contributed by atoms with van der Waals surface area (Å²) in [5.74, 6) is 0. The Morgan fingerprint density at radius 1 is 1.62 bits per heavy atom. The number of sulfone groups is 1. The van der Waals surface area contributed by atoms with Crippen LogP contribution in [0, 0.1) is 0 Å². The van der Waals surface area contributed by atoms with Crippen LogP contribution in [-0.2, 0) is 14.6 Å². The number of nitrogens with zero attached hydrogens (tertiary/aromatic N) is 2. The van der Waals surface area contributed by atoms with Gasteiger partial charge in [0.05, 0.1) is 18.8 Å². The van der Waals surface area contributed by atoms with Crippen LogP contribution in [0.25, 0.3) is 0 Å². The van der Waals surface area contributed by atoms with Crippen LogP contribution >= 0.6 is 0 Å². The molecule has 2 heterocycles. The van der Waals surface area contributed by atoms with Gasteiger partial charge in [-0.2, -0.15) is 5.10 Å². The third kappa shape index (κ3) is 2.26. The third-order valence-corrected chi connectivity index (χ3v) is 3.79. The van der Waals surface area contributed by atoms with Crippen molar-refractivity contribution in [3.05, 3.63) is 12.4 Å². The molecule has 0 aromatic carbocycles. The van der Waals surface area contributed by atoms with Crippen molar-refractivity contribution in [2.75, 3.05) is 19.5 Å². The van der Waals surface area contributed by atoms with Crippen LogP contribution in [0.2, 0.25) is 0 Å². The molecule has 0 spiro atoms. The molecule has 1 aromatic heterocycles. The van der Waals surface area contributed by atoms with Gasteiger partial charge in [0.15, 0.2) is 9.84 Å². The molecule has 6 nitrogen and oxygen atoms in total. The molecule has 1 aliphatic rings. The lowest BCUT2D eigenvalue weighted by atomic mass is 10.1. The Hall–Kier alpha value is -0.920. The molecular weight excluding hydrogens is 230 g/mol. The highest BCUT2D eigenvalue weighted by Gasteiger charge is 2.25. The van der Waals surface area contributed by atoms with Gasteiger partial charge in [-0.05, 0) is 6.42 Å². The first-order valence-electron chi connectivity index (χ1n) is 5.06. The summed E-state index contributed by atoms with van der Waals surface area (Å²) in [5, 5.41) is 4.03. The lowest BCUT2D eigenvalue weighted by Gasteiger charge is -2.28. The second kappa shape index (κ2) is 4.15. The maximum absolute atomic E-state index is 11.3. The molecule has 0 radical (unpaired) electrons. The van der Waals surface area contributed by atoms with Crippen LogP contribution in [0.1, 0.15) is 12.5 Å². The van der Waals surface area contributed by atoms with Crippen LogP contribution in [0.5, 0.6) is 0 Å². The fourth-order valence-electron chi connectivity index (χ4n) is 1.71. The lowest BCUT2D eigenvalue weighted by molar-refractivity contribution is 0.0424. The zero-order valence-corrected chi connectivity index (χ0v) is 9.85. The Labute approximate surface area is 94.3 Å². The van der Waals surface area contributed by atoms with Crippen molar-refractivity contribution in [1.82, 2.24) is 9.78 Å². The molecule has 1 aliphatic heterocycles. The number of rotatable bonds is 2. The van der Waals surface area contributed by atoms with Gasteiger partial charge >= 0.3 is 0 Å². The molecule has 0 aliphatic carbocycles. The SMILES string of the molecule is CS(=O)(=O)c1cnn(C2COCCC2N)c1. The fraction of sp³-hybridized carbons (Fsp3) is 0.667. The zero-order chi connectivity index (χ0) is 11.8. The second-order valence-electron chi connectivity index (χ2n) is 4.02. The van der Waals surface area contributed by atoms with E-state index >= 15 is 0 Å². The maximum atomic E-state index is 11.3. The second-order valence-corrected chi connectivity index (χ2v) is 6.04. The molecule has 1 saturated heterocycles. The Morgan fingerprint density at radius 2 is 2.38 bits per heavy atom. The highest BCUT2D eigenvalue weighted by atomic mass is 32.2. The quantitative estimate of drug-likeness (QED) is 0.764. The molecule has 2 atom stereocenters. The number of hydrogen-bond donors (Lipinski definition) is 1. The van der Waals surface area contributed by atoms with Gasteiger partial charge in [0.1, 0.15) is 4.90 Å². The highest BCUT2D eigenvalue weighted by molar-refractivity contribution is 7.90. The fourth-order valence-corrected chi connectivity index (χ4v) is 2.24. The van der Waals surface area contributed by atoms with Crippen molar-refractivity contribution >= 4 is 9.84 Å². The van der Waals surface area contributed by atoms with Crippen LogP contribution in [-0.4, -0.2) is 43.7 Å². The first-order valence-corrected chi connectivity index (χ1v) is 6.95. The average molecular weight is 245 g/mol. The minimum Gasteiger partial charge on any atom is -0.379 e. The van der Waals surface area contributed by atoms with E-state index in [1.807, 2.05) is 0 Å². The summed E-state index contributed by atoms with van der Waals surface area (Å²) >= 11 is 0. The monoisotopic (exact) mass is 245 g/mol. The third-order valence-electron chi connectivity index (χ3n) is 2.72. The van der Waals surface area contributed by atoms with Crippen LogP contribution in [0.3, 0.4) is 0 Å². The molecule has 16 heavy (non-hydrogen) atoms. The summed E-state index contributed by atoms with van der Waals surface area (Å²) in [4.78, 5) is 0.213. The summed E-state index contributed by atoms with van der Waals surface area (Å²) < 4.78 is 29.5. The van der Waals surface area contributed by atoms with Gasteiger partial charge in [0, 0.05) is 25.1 Å². The predicted molar refractivity (Wildman–Crippen MR) is 57.8 cm³/mol. The molecular formula is C9H15N3O3S. The van der Waals surface area contributed by atoms with Gasteiger partial charge in [0.2, 0.25) is 0 Å². The van der Waals surface area contributed by atoms with Crippen LogP contribution in [0.15, 0.2) is 17.3 Å². The Bertz CT molecular complexity index is 468. The van der Waals surface area contributed by atoms with E-state index in [2.05, 4.69) is 5.10 Å². The predicted octanol–water partition coefficient (Wildman–Crippen LogP) is -0.425. The van der Waals surface area contributed by atoms with E-state index in [0.717, 1.165) is 12.7 Å². The van der Waals surface area contributed by atoms with Gasteiger partial charge in [-0.15, -0.1) is 0 Å². The zero-order valence-electron chi connectivity index (χ0n) is 9.04. The van der Waals surface area contributed by atoms with Crippen molar-refractivity contribution in [1.29, 1.82) is 0 Å². The summed E-state index contributed by atoms with van der Waals surface area (Å²) in [6.45, 7) is 1.13. The van der Waals surface area contributed by atoms with Crippen molar-refractivity contribution in [2.24, 2.45) is 5.73 Å². The molecule has 2 rings (SSSR count). The van der Waals surface area contributed by atoms with E-state index in [1.165, 1.54) is 12.4 Å². The van der Waals surface area contributed by atoms with E-state index in [1.54, 1.807) is 4.68 Å². The van der Waals surface area contributed by atoms with Crippen molar-refractivity contribution in [3.8, 4) is 0 Å². The van der Waals surface area contributed by atoms with E-state index < -0.39 is 9.84 Å². The van der Waals surface area contributed by atoms with E-state index in [4.69, 9.17) is 10.5 Å². The van der Waals surface area contributed by atoms with Crippen LogP contribution in [0.4, 0.5) is 0 Å². The molecule has 2 N–H and O–H groups in total. The number of ether oxygens (including phenoxy) is 1. The summed E-state index contributed by atoms with van der Waals surface area (Å²) in [6, 6.07) is -0.120. The van der Waals surface area contributed by atoms with Crippen molar-refractivity contribution < 1.29 is 13.2 Å². The first-order chi connectivity index (χ1) is 7.48. The molecule has 0 saturated carbocycles. The molecule has 2 unspecified atom stereocenters. The van der Waals surface area contributed by atoms with Gasteiger partial charge in [-0.25, -0.2) is 8.42 Å². The summed E-state index contributed by atoms with van der Waals surface area (Å²) in [5.41, 5.74) is 5.94. The summed E-state index contributed by atoms with van der Waals surface area (Å²) in [7, 11) is -3.20. The molecule has 7 heteroatoms. The standard InChI is InChI=1S/C9H15N3O3S/c1-16(13,14)7-4-11-12(5-7)9-6-15-3-2-8(9)10/h4-5,8-9H,2-3,6,10H2,1H3. The molecule has 1 fully saturated rings. The van der Waals surface area contributed by atoms with Gasteiger partial charge in [-0.1, -0.05) is 0 Å². The minimum atomic E-state index is -3.20. The molecule has 0 amide bonds. The number of aromatic nitrogens is 2. The normalized spacial score (nSPS) is 26.9. The van der Waals surface area contributed by atoms with E-state index in [0.29, 0.717) is 13.2 Å². The van der Waals surface area contributed by atoms with Gasteiger partial charge in [-0.3, -0.25) is 4.68 Å². The Morgan fingerprint density at radius 3 is 2.94 bits per heavy atom. The van der Waals surface area contributed by atoms with E-state index in [-0.39, 0.29) is 17.0 Å². The smallest absolute Gasteiger partial charge is 0.178 e. The average Bonchev–Trinajstić information content (AvgIpc) is 2.66.